The Balaban J connectivity index is 2.56. The molecule has 0 saturated carbocycles. The molecule has 0 aromatic heterocycles. The first-order valence-electron chi connectivity index (χ1n) is 7.64. The van der Waals surface area contributed by atoms with Crippen molar-refractivity contribution in [3.8, 4) is 0 Å². The first-order valence-corrected chi connectivity index (χ1v) is 7.64. The molecule has 0 aliphatic heterocycles. The fraction of sp³-hybridized carbons (Fsp3) is 0.556. The largest absolute Gasteiger partial charge is 0.333 e. The smallest absolute Gasteiger partial charge is 0.319 e. The van der Waals surface area contributed by atoms with Crippen molar-refractivity contribution in [2.45, 2.75) is 59.9 Å². The number of anilines is 1. The van der Waals surface area contributed by atoms with E-state index in [9.17, 15) is 9.59 Å². The van der Waals surface area contributed by atoms with E-state index < -0.39 is 0 Å². The van der Waals surface area contributed by atoms with E-state index in [0.717, 1.165) is 5.56 Å². The Kier molecular flexibility index (Phi) is 5.75. The normalized spacial score (nSPS) is 11.9. The lowest BCUT2D eigenvalue weighted by molar-refractivity contribution is -0.120. The molecule has 0 unspecified atom stereocenters. The van der Waals surface area contributed by atoms with E-state index in [2.05, 4.69) is 31.4 Å². The van der Waals surface area contributed by atoms with E-state index in [0.29, 0.717) is 18.5 Å². The van der Waals surface area contributed by atoms with Crippen molar-refractivity contribution in [3.05, 3.63) is 29.8 Å². The molecular weight excluding hydrogens is 276 g/mol. The molecule has 0 atom stereocenters. The summed E-state index contributed by atoms with van der Waals surface area (Å²) >= 11 is 0. The zero-order chi connectivity index (χ0) is 17.0. The maximum Gasteiger partial charge on any atom is 0.319 e. The lowest BCUT2D eigenvalue weighted by atomic mass is 9.88. The van der Waals surface area contributed by atoms with Crippen LogP contribution in [0.15, 0.2) is 24.3 Å². The van der Waals surface area contributed by atoms with E-state index in [1.165, 1.54) is 0 Å². The van der Waals surface area contributed by atoms with Crippen LogP contribution in [0.2, 0.25) is 0 Å². The zero-order valence-corrected chi connectivity index (χ0v) is 14.5. The summed E-state index contributed by atoms with van der Waals surface area (Å²) in [5, 5.41) is 5.62. The van der Waals surface area contributed by atoms with Gasteiger partial charge in [-0.25, -0.2) is 4.79 Å². The van der Waals surface area contributed by atoms with Crippen molar-refractivity contribution in [1.29, 1.82) is 0 Å². The molecule has 4 nitrogen and oxygen atoms in total. The fourth-order valence-corrected chi connectivity index (χ4v) is 2.09. The van der Waals surface area contributed by atoms with Gasteiger partial charge in [0.2, 0.25) is 0 Å². The molecule has 0 heterocycles. The molecule has 0 spiro atoms. The number of amides is 2. The van der Waals surface area contributed by atoms with Crippen LogP contribution in [-0.2, 0) is 11.2 Å². The molecule has 1 aromatic rings. The zero-order valence-electron chi connectivity index (χ0n) is 14.5. The Morgan fingerprint density at radius 2 is 1.50 bits per heavy atom. The van der Waals surface area contributed by atoms with Gasteiger partial charge in [-0.1, -0.05) is 32.9 Å². The highest BCUT2D eigenvalue weighted by atomic mass is 16.2. The van der Waals surface area contributed by atoms with E-state index >= 15 is 0 Å². The molecule has 1 aromatic carbocycles. The highest BCUT2D eigenvalue weighted by Gasteiger charge is 2.16. The lowest BCUT2D eigenvalue weighted by Gasteiger charge is -2.20. The number of hydrogen-bond acceptors (Lipinski definition) is 2. The van der Waals surface area contributed by atoms with Gasteiger partial charge in [-0.15, -0.1) is 0 Å². The topological polar surface area (TPSA) is 58.2 Å². The Labute approximate surface area is 133 Å². The molecule has 0 radical (unpaired) electrons. The minimum atomic E-state index is -0.274. The maximum absolute atomic E-state index is 12.0. The van der Waals surface area contributed by atoms with Gasteiger partial charge in [0.1, 0.15) is 5.78 Å². The Hall–Kier alpha value is -1.84. The average molecular weight is 304 g/mol. The van der Waals surface area contributed by atoms with E-state index in [-0.39, 0.29) is 22.8 Å². The molecule has 122 valence electrons. The number of carbonyl (C=O) groups is 2. The second kappa shape index (κ2) is 6.95. The van der Waals surface area contributed by atoms with Crippen molar-refractivity contribution in [3.63, 3.8) is 0 Å². The van der Waals surface area contributed by atoms with Crippen molar-refractivity contribution < 1.29 is 9.59 Å². The summed E-state index contributed by atoms with van der Waals surface area (Å²) in [7, 11) is 0. The van der Waals surface area contributed by atoms with Crippen LogP contribution in [0.3, 0.4) is 0 Å². The second-order valence-corrected chi connectivity index (χ2v) is 7.98. The van der Waals surface area contributed by atoms with Crippen LogP contribution in [0.1, 0.15) is 53.5 Å². The van der Waals surface area contributed by atoms with Crippen molar-refractivity contribution in [2.75, 3.05) is 5.32 Å². The van der Waals surface area contributed by atoms with E-state index in [1.807, 2.05) is 45.0 Å². The van der Waals surface area contributed by atoms with Gasteiger partial charge in [0.25, 0.3) is 0 Å². The number of Topliss-reactive ketones (excluding diaryl/α,β-unsaturated/α-hetero) is 1. The van der Waals surface area contributed by atoms with E-state index in [4.69, 9.17) is 0 Å². The summed E-state index contributed by atoms with van der Waals surface area (Å²) in [6, 6.07) is 7.17. The number of nitrogens with one attached hydrogen (secondary N) is 2. The van der Waals surface area contributed by atoms with Gasteiger partial charge in [0, 0.05) is 24.1 Å². The Morgan fingerprint density at radius 1 is 0.955 bits per heavy atom. The number of urea groups is 1. The van der Waals surface area contributed by atoms with Crippen LogP contribution in [0.5, 0.6) is 0 Å². The molecule has 0 saturated heterocycles. The summed E-state index contributed by atoms with van der Waals surface area (Å²) in [5.41, 5.74) is 1.43. The van der Waals surface area contributed by atoms with Gasteiger partial charge in [-0.05, 0) is 43.9 Å². The van der Waals surface area contributed by atoms with Crippen LogP contribution in [0.25, 0.3) is 0 Å². The second-order valence-electron chi connectivity index (χ2n) is 7.98. The first-order chi connectivity index (χ1) is 9.94. The minimum absolute atomic E-state index is 0.0175. The first kappa shape index (κ1) is 18.2. The minimum Gasteiger partial charge on any atom is -0.333 e. The number of benzene rings is 1. The number of hydrogen-bond donors (Lipinski definition) is 2. The third-order valence-corrected chi connectivity index (χ3v) is 2.83. The SMILES string of the molecule is CC(C)(C)CC(=O)Cc1ccc(NC(=O)NC(C)(C)C)cc1. The molecule has 0 bridgehead atoms. The standard InChI is InChI=1S/C18H28N2O2/c1-17(2,3)12-15(21)11-13-7-9-14(10-8-13)19-16(22)20-18(4,5)6/h7-10H,11-12H2,1-6H3,(H2,19,20,22). The quantitative estimate of drug-likeness (QED) is 0.877. The Morgan fingerprint density at radius 3 is 1.95 bits per heavy atom. The van der Waals surface area contributed by atoms with Gasteiger partial charge >= 0.3 is 6.03 Å². The number of rotatable bonds is 4. The molecule has 0 aliphatic rings. The summed E-state index contributed by atoms with van der Waals surface area (Å²) < 4.78 is 0. The van der Waals surface area contributed by atoms with Crippen LogP contribution in [-0.4, -0.2) is 17.4 Å². The lowest BCUT2D eigenvalue weighted by Crippen LogP contribution is -2.43. The molecule has 2 N–H and O–H groups in total. The third kappa shape index (κ3) is 7.81. The predicted octanol–water partition coefficient (Wildman–Crippen LogP) is 4.15. The summed E-state index contributed by atoms with van der Waals surface area (Å²) in [6.07, 6.45) is 1.01. The molecule has 1 rings (SSSR count). The monoisotopic (exact) mass is 304 g/mol. The summed E-state index contributed by atoms with van der Waals surface area (Å²) in [4.78, 5) is 23.7. The van der Waals surface area contributed by atoms with Crippen molar-refractivity contribution in [2.24, 2.45) is 5.41 Å². The average Bonchev–Trinajstić information content (AvgIpc) is 2.26. The predicted molar refractivity (Wildman–Crippen MR) is 91.1 cm³/mol. The molecule has 0 aliphatic carbocycles. The third-order valence-electron chi connectivity index (χ3n) is 2.83. The van der Waals surface area contributed by atoms with Gasteiger partial charge in [-0.2, -0.15) is 0 Å². The van der Waals surface area contributed by atoms with Crippen LogP contribution in [0.4, 0.5) is 10.5 Å². The van der Waals surface area contributed by atoms with Gasteiger partial charge < -0.3 is 10.6 Å². The number of carbonyl (C=O) groups excluding carboxylic acids is 2. The molecule has 0 fully saturated rings. The summed E-state index contributed by atoms with van der Waals surface area (Å²) in [5.74, 6) is 0.235. The van der Waals surface area contributed by atoms with Gasteiger partial charge in [-0.3, -0.25) is 4.79 Å². The van der Waals surface area contributed by atoms with Crippen molar-refractivity contribution in [1.82, 2.24) is 5.32 Å². The maximum atomic E-state index is 12.0. The molecule has 22 heavy (non-hydrogen) atoms. The molecular formula is C18H28N2O2. The van der Waals surface area contributed by atoms with Gasteiger partial charge in [0.05, 0.1) is 0 Å². The Bertz CT molecular complexity index is 471. The highest BCUT2D eigenvalue weighted by molar-refractivity contribution is 5.89. The van der Waals surface area contributed by atoms with Crippen LogP contribution >= 0.6 is 0 Å². The summed E-state index contributed by atoms with van der Waals surface area (Å²) in [6.45, 7) is 12.0. The van der Waals surface area contributed by atoms with Crippen LogP contribution in [0, 0.1) is 5.41 Å². The van der Waals surface area contributed by atoms with Crippen LogP contribution < -0.4 is 10.6 Å². The highest BCUT2D eigenvalue weighted by Crippen LogP contribution is 2.20. The van der Waals surface area contributed by atoms with Gasteiger partial charge in [0.15, 0.2) is 0 Å². The van der Waals surface area contributed by atoms with Crippen molar-refractivity contribution >= 4 is 17.5 Å². The molecule has 4 heteroatoms. The van der Waals surface area contributed by atoms with E-state index in [1.54, 1.807) is 0 Å². The fourth-order valence-electron chi connectivity index (χ4n) is 2.09. The molecule has 2 amide bonds. The number of ketones is 1.